The van der Waals surface area contributed by atoms with E-state index in [9.17, 15) is 0 Å². The average Bonchev–Trinajstić information content (AvgIpc) is 2.81. The summed E-state index contributed by atoms with van der Waals surface area (Å²) in [6.07, 6.45) is 7.13. The molecule has 0 spiro atoms. The van der Waals surface area contributed by atoms with Crippen LogP contribution in [0.15, 0.2) is 41.9 Å². The van der Waals surface area contributed by atoms with Crippen molar-refractivity contribution in [1.82, 2.24) is 29.7 Å². The van der Waals surface area contributed by atoms with Crippen LogP contribution in [-0.4, -0.2) is 101 Å². The molecule has 10 nitrogen and oxygen atoms in total. The van der Waals surface area contributed by atoms with E-state index >= 15 is 0 Å². The fraction of sp³-hybridized carbons (Fsp3) is 0.526. The molecule has 2 saturated heterocycles. The minimum absolute atomic E-state index is 0. The third-order valence-electron chi connectivity index (χ3n) is 5.34. The van der Waals surface area contributed by atoms with Crippen LogP contribution in [0.3, 0.4) is 0 Å². The van der Waals surface area contributed by atoms with Crippen LogP contribution in [0.4, 0.5) is 11.9 Å². The Morgan fingerprint density at radius 3 is 1.73 bits per heavy atom. The van der Waals surface area contributed by atoms with Crippen molar-refractivity contribution in [2.24, 2.45) is 10.7 Å². The Morgan fingerprint density at radius 1 is 0.767 bits per heavy atom. The molecule has 2 aromatic rings. The van der Waals surface area contributed by atoms with Gasteiger partial charge in [0.1, 0.15) is 0 Å². The standard InChI is InChI=1S/C19H28N10.HI/c20-17(27-13-15-29(16-14-27)19-24-5-2-6-25-19)21-7-8-26-9-11-28(12-10-26)18-22-3-1-4-23-18;/h1-6H,7-16H2,(H2,20,21);1H. The van der Waals surface area contributed by atoms with Gasteiger partial charge in [-0.1, -0.05) is 0 Å². The van der Waals surface area contributed by atoms with Gasteiger partial charge in [-0.3, -0.25) is 9.89 Å². The number of aromatic nitrogens is 4. The van der Waals surface area contributed by atoms with Crippen LogP contribution in [0.2, 0.25) is 0 Å². The molecule has 0 unspecified atom stereocenters. The Kier molecular flexibility index (Phi) is 8.37. The normalized spacial score (nSPS) is 18.3. The molecule has 0 atom stereocenters. The van der Waals surface area contributed by atoms with Crippen LogP contribution in [-0.2, 0) is 0 Å². The largest absolute Gasteiger partial charge is 0.370 e. The molecule has 0 aromatic carbocycles. The monoisotopic (exact) mass is 524 g/mol. The number of hydrogen-bond donors (Lipinski definition) is 1. The fourth-order valence-electron chi connectivity index (χ4n) is 3.62. The van der Waals surface area contributed by atoms with E-state index < -0.39 is 0 Å². The minimum Gasteiger partial charge on any atom is -0.370 e. The summed E-state index contributed by atoms with van der Waals surface area (Å²) in [5.74, 6) is 2.23. The topological polar surface area (TPSA) is 103 Å². The van der Waals surface area contributed by atoms with Crippen molar-refractivity contribution in [2.45, 2.75) is 0 Å². The van der Waals surface area contributed by atoms with Crippen LogP contribution in [0, 0.1) is 0 Å². The Hall–Kier alpha value is -2.28. The van der Waals surface area contributed by atoms with E-state index in [2.05, 4.69) is 44.5 Å². The molecule has 0 bridgehead atoms. The van der Waals surface area contributed by atoms with E-state index in [4.69, 9.17) is 5.73 Å². The van der Waals surface area contributed by atoms with Gasteiger partial charge < -0.3 is 20.4 Å². The summed E-state index contributed by atoms with van der Waals surface area (Å²) in [6.45, 7) is 8.87. The summed E-state index contributed by atoms with van der Waals surface area (Å²) in [7, 11) is 0. The van der Waals surface area contributed by atoms with E-state index in [-0.39, 0.29) is 24.0 Å². The van der Waals surface area contributed by atoms with Gasteiger partial charge in [0.25, 0.3) is 0 Å². The second kappa shape index (κ2) is 11.2. The number of aliphatic imine (C=N–C) groups is 1. The number of piperazine rings is 2. The van der Waals surface area contributed by atoms with E-state index in [1.165, 1.54) is 0 Å². The Bertz CT molecular complexity index is 774. The summed E-state index contributed by atoms with van der Waals surface area (Å²) in [4.78, 5) is 30.9. The SMILES string of the molecule is I.NC(=NCCN1CCN(c2ncccn2)CC1)N1CCN(c2ncccn2)CC1. The molecule has 2 N–H and O–H groups in total. The molecule has 11 heteroatoms. The van der Waals surface area contributed by atoms with Crippen LogP contribution in [0.25, 0.3) is 0 Å². The van der Waals surface area contributed by atoms with Gasteiger partial charge in [-0.2, -0.15) is 0 Å². The maximum absolute atomic E-state index is 6.23. The summed E-state index contributed by atoms with van der Waals surface area (Å²) in [6, 6.07) is 3.68. The fourth-order valence-corrected chi connectivity index (χ4v) is 3.62. The van der Waals surface area contributed by atoms with Crippen LogP contribution in [0.5, 0.6) is 0 Å². The lowest BCUT2D eigenvalue weighted by Gasteiger charge is -2.35. The average molecular weight is 524 g/mol. The van der Waals surface area contributed by atoms with Crippen LogP contribution >= 0.6 is 24.0 Å². The molecule has 0 radical (unpaired) electrons. The van der Waals surface area contributed by atoms with Crippen molar-refractivity contribution in [3.05, 3.63) is 36.9 Å². The smallest absolute Gasteiger partial charge is 0.225 e. The van der Waals surface area contributed by atoms with Gasteiger partial charge in [0.2, 0.25) is 11.9 Å². The molecular formula is C19H29IN10. The summed E-state index contributed by atoms with van der Waals surface area (Å²) in [5, 5.41) is 0. The quantitative estimate of drug-likeness (QED) is 0.333. The maximum atomic E-state index is 6.23. The van der Waals surface area contributed by atoms with E-state index in [1.807, 2.05) is 12.1 Å². The minimum atomic E-state index is 0. The van der Waals surface area contributed by atoms with Crippen molar-refractivity contribution < 1.29 is 0 Å². The van der Waals surface area contributed by atoms with Gasteiger partial charge >= 0.3 is 0 Å². The summed E-state index contributed by atoms with van der Waals surface area (Å²) < 4.78 is 0. The lowest BCUT2D eigenvalue weighted by molar-refractivity contribution is 0.263. The first-order valence-electron chi connectivity index (χ1n) is 10.1. The predicted octanol–water partition coefficient (Wildman–Crippen LogP) is 0.144. The van der Waals surface area contributed by atoms with Gasteiger partial charge in [0, 0.05) is 83.7 Å². The molecule has 2 aliphatic rings. The maximum Gasteiger partial charge on any atom is 0.225 e. The molecule has 162 valence electrons. The number of hydrogen-bond acceptors (Lipinski definition) is 8. The highest BCUT2D eigenvalue weighted by molar-refractivity contribution is 14.0. The van der Waals surface area contributed by atoms with Gasteiger partial charge in [-0.25, -0.2) is 19.9 Å². The lowest BCUT2D eigenvalue weighted by Crippen LogP contribution is -2.52. The highest BCUT2D eigenvalue weighted by atomic mass is 127. The van der Waals surface area contributed by atoms with Gasteiger partial charge in [0.15, 0.2) is 5.96 Å². The zero-order valence-electron chi connectivity index (χ0n) is 17.0. The first-order chi connectivity index (χ1) is 14.3. The molecule has 2 fully saturated rings. The van der Waals surface area contributed by atoms with Crippen LogP contribution in [0.1, 0.15) is 0 Å². The summed E-state index contributed by atoms with van der Waals surface area (Å²) >= 11 is 0. The van der Waals surface area contributed by atoms with Crippen molar-refractivity contribution in [3.8, 4) is 0 Å². The lowest BCUT2D eigenvalue weighted by atomic mass is 10.3. The number of nitrogens with zero attached hydrogens (tertiary/aromatic N) is 9. The summed E-state index contributed by atoms with van der Waals surface area (Å²) in [5.41, 5.74) is 6.23. The van der Waals surface area contributed by atoms with Crippen molar-refractivity contribution in [3.63, 3.8) is 0 Å². The number of anilines is 2. The molecular weight excluding hydrogens is 495 g/mol. The number of guanidine groups is 1. The predicted molar refractivity (Wildman–Crippen MR) is 128 cm³/mol. The van der Waals surface area contributed by atoms with Gasteiger partial charge in [0.05, 0.1) is 6.54 Å². The van der Waals surface area contributed by atoms with Crippen molar-refractivity contribution in [2.75, 3.05) is 75.2 Å². The Labute approximate surface area is 194 Å². The Morgan fingerprint density at radius 2 is 1.23 bits per heavy atom. The number of rotatable bonds is 5. The highest BCUT2D eigenvalue weighted by Gasteiger charge is 2.21. The van der Waals surface area contributed by atoms with Crippen molar-refractivity contribution >= 4 is 41.8 Å². The van der Waals surface area contributed by atoms with E-state index in [0.717, 1.165) is 77.3 Å². The third kappa shape index (κ3) is 5.88. The molecule has 2 aromatic heterocycles. The second-order valence-electron chi connectivity index (χ2n) is 7.14. The zero-order valence-corrected chi connectivity index (χ0v) is 19.4. The Balaban J connectivity index is 0.00000256. The number of halogens is 1. The molecule has 0 amide bonds. The molecule has 4 heterocycles. The van der Waals surface area contributed by atoms with Gasteiger partial charge in [-0.05, 0) is 12.1 Å². The van der Waals surface area contributed by atoms with Gasteiger partial charge in [-0.15, -0.1) is 24.0 Å². The molecule has 4 rings (SSSR count). The third-order valence-corrected chi connectivity index (χ3v) is 5.34. The number of nitrogens with two attached hydrogens (primary N) is 1. The second-order valence-corrected chi connectivity index (χ2v) is 7.14. The first-order valence-corrected chi connectivity index (χ1v) is 10.1. The molecule has 2 aliphatic heterocycles. The molecule has 0 saturated carbocycles. The van der Waals surface area contributed by atoms with E-state index in [1.54, 1.807) is 24.8 Å². The molecule has 30 heavy (non-hydrogen) atoms. The van der Waals surface area contributed by atoms with Crippen LogP contribution < -0.4 is 15.5 Å². The molecule has 0 aliphatic carbocycles. The van der Waals surface area contributed by atoms with Crippen molar-refractivity contribution in [1.29, 1.82) is 0 Å². The zero-order chi connectivity index (χ0) is 19.9. The highest BCUT2D eigenvalue weighted by Crippen LogP contribution is 2.10. The first kappa shape index (κ1) is 22.4. The van der Waals surface area contributed by atoms with E-state index in [0.29, 0.717) is 5.96 Å².